The number of hydrogen-bond acceptors (Lipinski definition) is 3. The van der Waals surface area contributed by atoms with Crippen LogP contribution in [-0.2, 0) is 4.79 Å². The Bertz CT molecular complexity index is 432. The fourth-order valence-electron chi connectivity index (χ4n) is 3.60. The van der Waals surface area contributed by atoms with E-state index in [4.69, 9.17) is 5.11 Å². The van der Waals surface area contributed by atoms with Crippen molar-refractivity contribution in [3.63, 3.8) is 0 Å². The Kier molecular flexibility index (Phi) is 14.8. The molecule has 156 valence electrons. The monoisotopic (exact) mass is 378 g/mol. The minimum atomic E-state index is -0.806. The van der Waals surface area contributed by atoms with E-state index >= 15 is 0 Å². The minimum absolute atomic E-state index is 0.0317. The number of aliphatic imine (C=N–C) groups is 1. The van der Waals surface area contributed by atoms with Gasteiger partial charge in [-0.1, -0.05) is 83.3 Å². The minimum Gasteiger partial charge on any atom is -0.481 e. The molecule has 4 heteroatoms. The molecular formula is C23H42N2O2. The zero-order chi connectivity index (χ0) is 19.6. The van der Waals surface area contributed by atoms with Crippen molar-refractivity contribution in [1.82, 2.24) is 5.32 Å². The Morgan fingerprint density at radius 3 is 2.11 bits per heavy atom. The van der Waals surface area contributed by atoms with Gasteiger partial charge in [0.2, 0.25) is 0 Å². The third kappa shape index (κ3) is 14.4. The van der Waals surface area contributed by atoms with Gasteiger partial charge in [-0.05, 0) is 32.1 Å². The first-order chi connectivity index (χ1) is 13.2. The molecule has 1 atom stereocenters. The van der Waals surface area contributed by atoms with Gasteiger partial charge in [-0.25, -0.2) is 0 Å². The number of amidine groups is 1. The second-order valence-corrected chi connectivity index (χ2v) is 7.93. The van der Waals surface area contributed by atoms with Gasteiger partial charge in [-0.2, -0.15) is 0 Å². The number of rotatable bonds is 18. The van der Waals surface area contributed by atoms with Crippen LogP contribution in [-0.4, -0.2) is 29.5 Å². The summed E-state index contributed by atoms with van der Waals surface area (Å²) in [5.74, 6) is -0.156. The molecule has 0 aromatic rings. The number of carboxylic acid groups (broad SMARTS) is 1. The molecule has 0 aliphatic carbocycles. The molecule has 27 heavy (non-hydrogen) atoms. The third-order valence-electron chi connectivity index (χ3n) is 5.26. The molecule has 2 N–H and O–H groups in total. The van der Waals surface area contributed by atoms with Crippen molar-refractivity contribution in [3.8, 4) is 0 Å². The molecule has 0 bridgehead atoms. The van der Waals surface area contributed by atoms with E-state index in [1.807, 2.05) is 0 Å². The molecule has 1 rings (SSSR count). The standard InChI is InChI=1S/C23H42N2O2/c1-2-3-4-5-6-7-8-9-10-11-12-13-14-15-16-17-18-21-20-24-22(25-21)19-23(26)27/h9-10,21H,2-8,11-20H2,1H3,(H,24,25)(H,26,27)/b10-9-. The highest BCUT2D eigenvalue weighted by Crippen LogP contribution is 2.13. The van der Waals surface area contributed by atoms with Crippen LogP contribution in [0.15, 0.2) is 17.1 Å². The van der Waals surface area contributed by atoms with Crippen LogP contribution in [0.4, 0.5) is 0 Å². The molecule has 0 aromatic carbocycles. The summed E-state index contributed by atoms with van der Waals surface area (Å²) in [4.78, 5) is 14.9. The molecule has 0 radical (unpaired) electrons. The molecule has 1 aliphatic rings. The molecular weight excluding hydrogens is 336 g/mol. The Morgan fingerprint density at radius 2 is 1.52 bits per heavy atom. The quantitative estimate of drug-likeness (QED) is 0.218. The van der Waals surface area contributed by atoms with Crippen molar-refractivity contribution in [2.45, 2.75) is 116 Å². The fourth-order valence-corrected chi connectivity index (χ4v) is 3.60. The zero-order valence-corrected chi connectivity index (χ0v) is 17.6. The van der Waals surface area contributed by atoms with Crippen molar-refractivity contribution in [1.29, 1.82) is 0 Å². The number of aliphatic carboxylic acids is 1. The summed E-state index contributed by atoms with van der Waals surface area (Å²) in [5, 5.41) is 12.0. The van der Waals surface area contributed by atoms with Crippen LogP contribution in [0.2, 0.25) is 0 Å². The van der Waals surface area contributed by atoms with Gasteiger partial charge in [0.1, 0.15) is 12.3 Å². The van der Waals surface area contributed by atoms with Crippen LogP contribution < -0.4 is 5.32 Å². The smallest absolute Gasteiger partial charge is 0.310 e. The SMILES string of the molecule is CCCCCCCC/C=C\CCCCCCCCC1CN=C(CC(=O)O)N1. The number of allylic oxidation sites excluding steroid dienone is 2. The lowest BCUT2D eigenvalue weighted by atomic mass is 10.0. The van der Waals surface area contributed by atoms with Crippen LogP contribution in [0.25, 0.3) is 0 Å². The Morgan fingerprint density at radius 1 is 0.963 bits per heavy atom. The van der Waals surface area contributed by atoms with Crippen LogP contribution in [0, 0.1) is 0 Å². The van der Waals surface area contributed by atoms with Crippen LogP contribution in [0.1, 0.15) is 110 Å². The lowest BCUT2D eigenvalue weighted by Crippen LogP contribution is -2.31. The second-order valence-electron chi connectivity index (χ2n) is 7.93. The topological polar surface area (TPSA) is 61.7 Å². The van der Waals surface area contributed by atoms with Gasteiger partial charge in [-0.15, -0.1) is 0 Å². The molecule has 0 saturated carbocycles. The van der Waals surface area contributed by atoms with E-state index in [1.54, 1.807) is 0 Å². The summed E-state index contributed by atoms with van der Waals surface area (Å²) in [6.45, 7) is 3.01. The Labute approximate surface area is 166 Å². The number of carbonyl (C=O) groups is 1. The van der Waals surface area contributed by atoms with E-state index in [1.165, 1.54) is 89.9 Å². The van der Waals surface area contributed by atoms with E-state index in [0.29, 0.717) is 11.9 Å². The average molecular weight is 379 g/mol. The Hall–Kier alpha value is -1.32. The van der Waals surface area contributed by atoms with Crippen molar-refractivity contribution in [3.05, 3.63) is 12.2 Å². The third-order valence-corrected chi connectivity index (χ3v) is 5.26. The van der Waals surface area contributed by atoms with Gasteiger partial charge >= 0.3 is 5.97 Å². The Balaban J connectivity index is 1.78. The van der Waals surface area contributed by atoms with Crippen LogP contribution in [0.5, 0.6) is 0 Å². The first-order valence-corrected chi connectivity index (χ1v) is 11.4. The van der Waals surface area contributed by atoms with E-state index < -0.39 is 5.97 Å². The van der Waals surface area contributed by atoms with Crippen molar-refractivity contribution < 1.29 is 9.90 Å². The van der Waals surface area contributed by atoms with Crippen LogP contribution >= 0.6 is 0 Å². The van der Waals surface area contributed by atoms with Gasteiger partial charge in [-0.3, -0.25) is 9.79 Å². The van der Waals surface area contributed by atoms with Crippen molar-refractivity contribution >= 4 is 11.8 Å². The molecule has 1 aliphatic heterocycles. The van der Waals surface area contributed by atoms with Gasteiger partial charge in [0.25, 0.3) is 0 Å². The summed E-state index contributed by atoms with van der Waals surface area (Å²) >= 11 is 0. The van der Waals surface area contributed by atoms with E-state index in [9.17, 15) is 4.79 Å². The highest BCUT2D eigenvalue weighted by Gasteiger charge is 2.18. The largest absolute Gasteiger partial charge is 0.481 e. The summed E-state index contributed by atoms with van der Waals surface area (Å²) in [6.07, 6.45) is 24.5. The first-order valence-electron chi connectivity index (χ1n) is 11.4. The molecule has 0 amide bonds. The maximum Gasteiger partial charge on any atom is 0.310 e. The number of unbranched alkanes of at least 4 members (excludes halogenated alkanes) is 12. The van der Waals surface area contributed by atoms with Gasteiger partial charge in [0.15, 0.2) is 0 Å². The normalized spacial score (nSPS) is 16.6. The van der Waals surface area contributed by atoms with Gasteiger partial charge < -0.3 is 10.4 Å². The second kappa shape index (κ2) is 16.8. The average Bonchev–Trinajstić information content (AvgIpc) is 3.08. The zero-order valence-electron chi connectivity index (χ0n) is 17.6. The maximum absolute atomic E-state index is 10.7. The summed E-state index contributed by atoms with van der Waals surface area (Å²) in [6, 6.07) is 0.358. The number of nitrogens with one attached hydrogen (secondary N) is 1. The van der Waals surface area contributed by atoms with Gasteiger partial charge in [0.05, 0.1) is 6.54 Å². The molecule has 0 aromatic heterocycles. The molecule has 1 unspecified atom stereocenters. The lowest BCUT2D eigenvalue weighted by molar-refractivity contribution is -0.135. The van der Waals surface area contributed by atoms with Crippen LogP contribution in [0.3, 0.4) is 0 Å². The molecule has 0 saturated heterocycles. The molecule has 1 heterocycles. The summed E-state index contributed by atoms with van der Waals surface area (Å²) < 4.78 is 0. The molecule has 4 nitrogen and oxygen atoms in total. The molecule has 0 fully saturated rings. The highest BCUT2D eigenvalue weighted by atomic mass is 16.4. The predicted octanol–water partition coefficient (Wildman–Crippen LogP) is 6.26. The fraction of sp³-hybridized carbons (Fsp3) is 0.826. The number of nitrogens with zero attached hydrogens (tertiary/aromatic N) is 1. The van der Waals surface area contributed by atoms with E-state index in [0.717, 1.165) is 13.0 Å². The highest BCUT2D eigenvalue weighted by molar-refractivity contribution is 5.97. The van der Waals surface area contributed by atoms with E-state index in [-0.39, 0.29) is 6.42 Å². The summed E-state index contributed by atoms with van der Waals surface area (Å²) in [7, 11) is 0. The first kappa shape index (κ1) is 23.7. The maximum atomic E-state index is 10.7. The van der Waals surface area contributed by atoms with Crippen molar-refractivity contribution in [2.24, 2.45) is 4.99 Å². The van der Waals surface area contributed by atoms with Crippen molar-refractivity contribution in [2.75, 3.05) is 6.54 Å². The number of hydrogen-bond donors (Lipinski definition) is 2. The predicted molar refractivity (Wildman–Crippen MR) is 116 cm³/mol. The molecule has 0 spiro atoms. The summed E-state index contributed by atoms with van der Waals surface area (Å²) in [5.41, 5.74) is 0. The lowest BCUT2D eigenvalue weighted by Gasteiger charge is -2.10. The van der Waals surface area contributed by atoms with E-state index in [2.05, 4.69) is 29.4 Å². The van der Waals surface area contributed by atoms with Gasteiger partial charge in [0, 0.05) is 6.04 Å². The number of carboxylic acids is 1.